The molecule has 3 aliphatic rings. The second kappa shape index (κ2) is 18.3. The highest BCUT2D eigenvalue weighted by Gasteiger charge is 2.44. The summed E-state index contributed by atoms with van der Waals surface area (Å²) in [5.74, 6) is 6.56. The number of piperidine rings is 2. The van der Waals surface area contributed by atoms with Crippen molar-refractivity contribution in [1.82, 2.24) is 34.9 Å². The predicted molar refractivity (Wildman–Crippen MR) is 228 cm³/mol. The van der Waals surface area contributed by atoms with Crippen molar-refractivity contribution in [3.05, 3.63) is 107 Å². The molecule has 4 N–H and O–H groups in total. The maximum absolute atomic E-state index is 13.6. The van der Waals surface area contributed by atoms with Crippen LogP contribution in [-0.2, 0) is 14.4 Å². The summed E-state index contributed by atoms with van der Waals surface area (Å²) in [6.45, 7) is 1.96. The Balaban J connectivity index is 0.822. The molecule has 310 valence electrons. The number of hydrogen-bond donors (Lipinski definition) is 3. The standard InChI is InChI=1S/C46H45N9O6/c47-43-41-42(30-17-20-35(21-18-30)61-34-13-6-4-7-14-34)52-55(44(41)50-29-49-43)32-12-10-24-53(25-32)33(27-57)11-5-2-1-3-8-23-48-37-16-9-15-36-40(37)46(60)54(45(36)59)39-22-19-31(26-56)51-38(39)28-58/h4,6-7,9,13-18,20-21,29,32,39,48,51H,1-3,5,8,10-12,19,22-25H2,(H2,47,49,50). The van der Waals surface area contributed by atoms with Crippen molar-refractivity contribution < 1.29 is 28.7 Å². The summed E-state index contributed by atoms with van der Waals surface area (Å²) in [4.78, 5) is 74.1. The van der Waals surface area contributed by atoms with E-state index in [-0.39, 0.29) is 41.4 Å². The number of hydrogen-bond acceptors (Lipinski definition) is 13. The maximum Gasteiger partial charge on any atom is 0.264 e. The molecule has 0 aliphatic carbocycles. The summed E-state index contributed by atoms with van der Waals surface area (Å²) >= 11 is 0. The van der Waals surface area contributed by atoms with Gasteiger partial charge in [-0.2, -0.15) is 5.10 Å². The lowest BCUT2D eigenvalue weighted by molar-refractivity contribution is 0.0593. The van der Waals surface area contributed by atoms with Gasteiger partial charge < -0.3 is 26.0 Å². The van der Waals surface area contributed by atoms with Gasteiger partial charge in [0.25, 0.3) is 11.8 Å². The molecule has 0 spiro atoms. The zero-order valence-electron chi connectivity index (χ0n) is 33.6. The van der Waals surface area contributed by atoms with Gasteiger partial charge in [0.1, 0.15) is 58.6 Å². The molecule has 2 amide bonds. The average molecular weight is 820 g/mol. The number of unbranched alkanes of at least 4 members (excludes halogenated alkanes) is 4. The van der Waals surface area contributed by atoms with Gasteiger partial charge >= 0.3 is 0 Å². The summed E-state index contributed by atoms with van der Waals surface area (Å²) < 4.78 is 7.93. The Hall–Kier alpha value is -7.30. The number of para-hydroxylation sites is 1. The van der Waals surface area contributed by atoms with Gasteiger partial charge in [0.2, 0.25) is 0 Å². The second-order valence-corrected chi connectivity index (χ2v) is 15.4. The predicted octanol–water partition coefficient (Wildman–Crippen LogP) is 6.45. The summed E-state index contributed by atoms with van der Waals surface area (Å²) in [7, 11) is 0. The van der Waals surface area contributed by atoms with Crippen LogP contribution in [-0.4, -0.2) is 84.9 Å². The highest BCUT2D eigenvalue weighted by molar-refractivity contribution is 6.24. The number of fused-ring (bicyclic) bond motifs is 2. The van der Waals surface area contributed by atoms with Gasteiger partial charge in [0, 0.05) is 37.3 Å². The number of amides is 2. The highest BCUT2D eigenvalue weighted by Crippen LogP contribution is 2.37. The average Bonchev–Trinajstić information content (AvgIpc) is 3.81. The van der Waals surface area contributed by atoms with Crippen molar-refractivity contribution in [2.75, 3.05) is 30.7 Å². The zero-order valence-corrected chi connectivity index (χ0v) is 33.6. The van der Waals surface area contributed by atoms with Crippen molar-refractivity contribution >= 4 is 52.2 Å². The summed E-state index contributed by atoms with van der Waals surface area (Å²) in [5, 5.41) is 11.7. The van der Waals surface area contributed by atoms with E-state index in [1.807, 2.05) is 59.3 Å². The van der Waals surface area contributed by atoms with E-state index >= 15 is 0 Å². The fourth-order valence-electron chi connectivity index (χ4n) is 8.50. The molecular formula is C46H45N9O6. The van der Waals surface area contributed by atoms with Crippen LogP contribution >= 0.6 is 0 Å². The van der Waals surface area contributed by atoms with E-state index in [0.29, 0.717) is 59.2 Å². The molecular weight excluding hydrogens is 775 g/mol. The number of nitrogens with two attached hydrogens (primary N) is 1. The van der Waals surface area contributed by atoms with Crippen LogP contribution in [0, 0.1) is 0 Å². The fourth-order valence-corrected chi connectivity index (χ4v) is 8.50. The molecule has 15 nitrogen and oxygen atoms in total. The first kappa shape index (κ1) is 40.5. The molecule has 15 heteroatoms. The Morgan fingerprint density at radius 3 is 2.44 bits per heavy atom. The largest absolute Gasteiger partial charge is 0.457 e. The normalized spacial score (nSPS) is 17.4. The molecule has 8 rings (SSSR count). The van der Waals surface area contributed by atoms with Crippen LogP contribution in [0.15, 0.2) is 96.2 Å². The van der Waals surface area contributed by atoms with Crippen LogP contribution in [0.25, 0.3) is 22.3 Å². The second-order valence-electron chi connectivity index (χ2n) is 15.4. The molecule has 2 fully saturated rings. The van der Waals surface area contributed by atoms with Gasteiger partial charge in [-0.25, -0.2) is 29.0 Å². The molecule has 5 heterocycles. The van der Waals surface area contributed by atoms with Gasteiger partial charge in [-0.1, -0.05) is 43.5 Å². The first-order valence-corrected chi connectivity index (χ1v) is 20.7. The number of anilines is 2. The van der Waals surface area contributed by atoms with Crippen LogP contribution in [0.3, 0.4) is 0 Å². The number of benzene rings is 3. The topological polar surface area (TPSA) is 195 Å². The minimum absolute atomic E-state index is 0.0305. The van der Waals surface area contributed by atoms with Crippen LogP contribution in [0.4, 0.5) is 11.5 Å². The van der Waals surface area contributed by atoms with Crippen LogP contribution in [0.2, 0.25) is 0 Å². The molecule has 0 radical (unpaired) electrons. The van der Waals surface area contributed by atoms with Crippen molar-refractivity contribution in [2.24, 2.45) is 0 Å². The number of rotatable bonds is 15. The molecule has 5 aromatic rings. The van der Waals surface area contributed by atoms with Crippen molar-refractivity contribution in [3.63, 3.8) is 0 Å². The number of ether oxygens (including phenoxy) is 1. The van der Waals surface area contributed by atoms with Gasteiger partial charge in [-0.05, 0) is 87.1 Å². The van der Waals surface area contributed by atoms with Crippen molar-refractivity contribution in [3.8, 4) is 22.8 Å². The third kappa shape index (κ3) is 8.44. The third-order valence-corrected chi connectivity index (χ3v) is 11.6. The highest BCUT2D eigenvalue weighted by atomic mass is 16.5. The minimum Gasteiger partial charge on any atom is -0.457 e. The van der Waals surface area contributed by atoms with Gasteiger partial charge in [0.15, 0.2) is 5.65 Å². The smallest absolute Gasteiger partial charge is 0.264 e. The molecule has 3 aromatic carbocycles. The number of nitrogens with zero attached hydrogens (tertiary/aromatic N) is 6. The maximum atomic E-state index is 13.6. The molecule has 61 heavy (non-hydrogen) atoms. The van der Waals surface area contributed by atoms with E-state index in [4.69, 9.17) is 15.6 Å². The lowest BCUT2D eigenvalue weighted by atomic mass is 10.0. The molecule has 2 aromatic heterocycles. The molecule has 2 saturated heterocycles. The van der Waals surface area contributed by atoms with E-state index in [0.717, 1.165) is 67.7 Å². The molecule has 0 saturated carbocycles. The van der Waals surface area contributed by atoms with Crippen LogP contribution in [0.1, 0.15) is 91.0 Å². The quantitative estimate of drug-likeness (QED) is 0.0593. The Kier molecular flexibility index (Phi) is 12.2. The van der Waals surface area contributed by atoms with E-state index in [1.54, 1.807) is 30.1 Å². The monoisotopic (exact) mass is 819 g/mol. The Labute approximate surface area is 352 Å². The number of aromatic nitrogens is 4. The molecule has 3 aliphatic heterocycles. The molecule has 2 unspecified atom stereocenters. The van der Waals surface area contributed by atoms with E-state index in [2.05, 4.69) is 31.4 Å². The van der Waals surface area contributed by atoms with Crippen molar-refractivity contribution in [1.29, 1.82) is 0 Å². The number of nitrogens with one attached hydrogen (secondary N) is 2. The lowest BCUT2D eigenvalue weighted by Crippen LogP contribution is -2.46. The summed E-state index contributed by atoms with van der Waals surface area (Å²) in [6.07, 6.45) is 8.83. The van der Waals surface area contributed by atoms with Gasteiger partial charge in [-0.3, -0.25) is 14.5 Å². The first-order valence-electron chi connectivity index (χ1n) is 20.7. The van der Waals surface area contributed by atoms with Gasteiger partial charge in [-0.15, -0.1) is 0 Å². The number of imide groups is 1. The fraction of sp³-hybridized carbons (Fsp3) is 0.326. The van der Waals surface area contributed by atoms with Crippen molar-refractivity contribution in [2.45, 2.75) is 76.3 Å². The van der Waals surface area contributed by atoms with Gasteiger partial charge in [0.05, 0.1) is 34.3 Å². The Morgan fingerprint density at radius 1 is 0.869 bits per heavy atom. The number of likely N-dealkylation sites (tertiary alicyclic amines) is 1. The third-order valence-electron chi connectivity index (χ3n) is 11.6. The van der Waals surface area contributed by atoms with Crippen LogP contribution < -0.4 is 21.1 Å². The number of carbonyl (C=O) groups excluding carboxylic acids is 5. The number of carbonyl (C=O) groups is 2. The van der Waals surface area contributed by atoms with Crippen LogP contribution in [0.5, 0.6) is 11.5 Å². The summed E-state index contributed by atoms with van der Waals surface area (Å²) in [6, 6.07) is 21.5. The summed E-state index contributed by atoms with van der Waals surface area (Å²) in [5.41, 5.74) is 10.6. The minimum atomic E-state index is -0.836. The SMILES string of the molecule is Nc1ncnc2c1c(-c1ccc(Oc3ccccc3)cc1)nn2C1CCCN(C(=C=O)CCCCCCCNc2cccc3c2C(=O)N(C2CCC(=C=O)NC2=C=O)C3=O)C1. The zero-order chi connectivity index (χ0) is 42.3. The number of allylic oxidation sites excluding steroid dienone is 2. The van der Waals surface area contributed by atoms with E-state index < -0.39 is 17.9 Å². The Bertz CT molecular complexity index is 2610. The Morgan fingerprint density at radius 2 is 1.66 bits per heavy atom. The molecule has 0 bridgehead atoms. The van der Waals surface area contributed by atoms with E-state index in [1.165, 1.54) is 6.33 Å². The lowest BCUT2D eigenvalue weighted by Gasteiger charge is -2.34. The number of nitrogen functional groups attached to an aromatic ring is 1. The first-order chi connectivity index (χ1) is 29.9. The molecule has 2 atom stereocenters. The van der Waals surface area contributed by atoms with E-state index in [9.17, 15) is 24.0 Å².